The van der Waals surface area contributed by atoms with E-state index in [1.807, 2.05) is 65.6 Å². The van der Waals surface area contributed by atoms with Gasteiger partial charge in [-0.3, -0.25) is 0 Å². The van der Waals surface area contributed by atoms with Crippen molar-refractivity contribution in [1.82, 2.24) is 39.9 Å². The van der Waals surface area contributed by atoms with Gasteiger partial charge in [0.2, 0.25) is 25.9 Å². The van der Waals surface area contributed by atoms with Crippen LogP contribution in [0, 0.1) is 5.92 Å². The predicted octanol–water partition coefficient (Wildman–Crippen LogP) is 5.68. The van der Waals surface area contributed by atoms with Crippen LogP contribution in [-0.2, 0) is 42.6 Å². The zero-order valence-electron chi connectivity index (χ0n) is 35.6. The van der Waals surface area contributed by atoms with Crippen LogP contribution in [0.3, 0.4) is 0 Å². The first-order chi connectivity index (χ1) is 28.8. The zero-order chi connectivity index (χ0) is 44.0. The van der Waals surface area contributed by atoms with E-state index in [1.54, 1.807) is 47.6 Å². The second kappa shape index (κ2) is 18.9. The number of ether oxygens (including phenoxy) is 2. The van der Waals surface area contributed by atoms with Crippen molar-refractivity contribution >= 4 is 37.9 Å². The fourth-order valence-corrected chi connectivity index (χ4v) is 11.2. The average Bonchev–Trinajstić information content (AvgIpc) is 3.90. The maximum absolute atomic E-state index is 15.6. The largest absolute Gasteiger partial charge is 0.444 e. The lowest BCUT2D eigenvalue weighted by atomic mass is 9.93. The molecule has 19 heteroatoms. The number of carbonyl (C=O) groups excluding carboxylic acids is 2. The van der Waals surface area contributed by atoms with Gasteiger partial charge in [0.1, 0.15) is 21.0 Å². The summed E-state index contributed by atoms with van der Waals surface area (Å²) in [6, 6.07) is 20.4. The Balaban J connectivity index is 1.39. The zero-order valence-corrected chi connectivity index (χ0v) is 37.3. The molecule has 330 valence electrons. The molecule has 0 bridgehead atoms. The van der Waals surface area contributed by atoms with Crippen molar-refractivity contribution in [2.24, 2.45) is 5.92 Å². The molecule has 3 N–H and O–H groups in total. The molecule has 2 aliphatic heterocycles. The van der Waals surface area contributed by atoms with Gasteiger partial charge in [-0.15, -0.1) is 10.2 Å². The monoisotopic (exact) mass is 879 g/mol. The van der Waals surface area contributed by atoms with Gasteiger partial charge in [0, 0.05) is 57.5 Å². The molecule has 3 heterocycles. The number of tetrazole rings is 1. The number of alkyl carbamates (subject to hydrolysis) is 1. The van der Waals surface area contributed by atoms with E-state index in [4.69, 9.17) is 9.47 Å². The molecular formula is C42H57N9O8S2. The van der Waals surface area contributed by atoms with Gasteiger partial charge in [-0.2, -0.15) is 9.52 Å². The Morgan fingerprint density at radius 2 is 1.43 bits per heavy atom. The number of hydrogen-bond donors (Lipinski definition) is 3. The van der Waals surface area contributed by atoms with Crippen LogP contribution in [0.25, 0.3) is 11.4 Å². The third-order valence-corrected chi connectivity index (χ3v) is 13.9. The molecule has 4 aromatic rings. The molecule has 0 spiro atoms. The van der Waals surface area contributed by atoms with Crippen molar-refractivity contribution in [3.05, 3.63) is 83.9 Å². The van der Waals surface area contributed by atoms with Gasteiger partial charge in [-0.25, -0.2) is 31.1 Å². The molecule has 0 radical (unpaired) electrons. The van der Waals surface area contributed by atoms with Crippen LogP contribution in [0.2, 0.25) is 0 Å². The Bertz CT molecular complexity index is 2290. The topological polar surface area (TPSA) is 209 Å². The van der Waals surface area contributed by atoms with E-state index in [2.05, 4.69) is 30.7 Å². The highest BCUT2D eigenvalue weighted by atomic mass is 32.2. The van der Waals surface area contributed by atoms with Gasteiger partial charge in [0.25, 0.3) is 0 Å². The van der Waals surface area contributed by atoms with Gasteiger partial charge in [-0.1, -0.05) is 60.7 Å². The molecule has 2 fully saturated rings. The van der Waals surface area contributed by atoms with Crippen molar-refractivity contribution < 1.29 is 35.9 Å². The summed E-state index contributed by atoms with van der Waals surface area (Å²) < 4.78 is 75.5. The number of carbonyl (C=O) groups is 2. The maximum Gasteiger partial charge on any atom is 0.410 e. The number of nitrogens with one attached hydrogen (secondary N) is 3. The van der Waals surface area contributed by atoms with Crippen LogP contribution in [0.4, 0.5) is 15.3 Å². The minimum absolute atomic E-state index is 0.00501. The lowest BCUT2D eigenvalue weighted by molar-refractivity contribution is 0.0291. The highest BCUT2D eigenvalue weighted by molar-refractivity contribution is 7.92. The number of piperidine rings is 1. The van der Waals surface area contributed by atoms with E-state index >= 15 is 8.42 Å². The van der Waals surface area contributed by atoms with Crippen molar-refractivity contribution in [2.45, 2.75) is 107 Å². The average molecular weight is 880 g/mol. The summed E-state index contributed by atoms with van der Waals surface area (Å²) in [6.45, 7) is 12.3. The Labute approximate surface area is 358 Å². The number of aromatic amines is 1. The predicted molar refractivity (Wildman–Crippen MR) is 229 cm³/mol. The summed E-state index contributed by atoms with van der Waals surface area (Å²) in [5.41, 5.74) is 0.458. The Morgan fingerprint density at radius 3 is 1.98 bits per heavy atom. The molecule has 0 aliphatic carbocycles. The molecule has 1 atom stereocenters. The number of amides is 2. The summed E-state index contributed by atoms with van der Waals surface area (Å²) in [6.07, 6.45) is 1.39. The number of hydrogen-bond acceptors (Lipinski definition) is 12. The van der Waals surface area contributed by atoms with E-state index in [1.165, 1.54) is 15.3 Å². The molecule has 17 nitrogen and oxygen atoms in total. The molecule has 3 aromatic carbocycles. The minimum atomic E-state index is -4.72. The van der Waals surface area contributed by atoms with Crippen LogP contribution in [0.5, 0.6) is 0 Å². The van der Waals surface area contributed by atoms with Crippen molar-refractivity contribution in [3.8, 4) is 11.4 Å². The molecule has 2 aliphatic rings. The summed E-state index contributed by atoms with van der Waals surface area (Å²) >= 11 is 0. The maximum atomic E-state index is 15.6. The smallest absolute Gasteiger partial charge is 0.410 e. The molecule has 0 saturated carbocycles. The van der Waals surface area contributed by atoms with Gasteiger partial charge < -0.3 is 24.6 Å². The number of anilines is 1. The number of H-pyrrole nitrogens is 1. The van der Waals surface area contributed by atoms with E-state index in [0.717, 1.165) is 12.8 Å². The number of benzene rings is 3. The first-order valence-electron chi connectivity index (χ1n) is 20.5. The first-order valence-corrected chi connectivity index (χ1v) is 23.4. The Kier molecular flexibility index (Phi) is 14.1. The van der Waals surface area contributed by atoms with Crippen molar-refractivity contribution in [1.29, 1.82) is 0 Å². The third kappa shape index (κ3) is 12.0. The first kappa shape index (κ1) is 45.4. The number of aromatic nitrogens is 4. The normalized spacial score (nSPS) is 16.8. The standard InChI is InChI=1S/C42H57N9O8S2/c1-41(2,3)58-39(52)43-23-19-30-20-24-49(25-21-30)34-17-18-35(60(54,55)46-33-22-26-50(29-33)40(53)59-42(4,5)6)37(36(34)38-44-47-48-45-38)61(56,57)51(27-31-13-9-7-10-14-31)28-32-15-11-8-12-16-32/h7-18,30,33,46H,19-29H2,1-6H3,(H,43,52)(H,44,45,47,48). The highest BCUT2D eigenvalue weighted by Crippen LogP contribution is 2.42. The Hall–Kier alpha value is -5.11. The summed E-state index contributed by atoms with van der Waals surface area (Å²) in [5, 5.41) is 17.5. The lowest BCUT2D eigenvalue weighted by Crippen LogP contribution is -2.41. The van der Waals surface area contributed by atoms with Gasteiger partial charge in [0.15, 0.2) is 0 Å². The minimum Gasteiger partial charge on any atom is -0.444 e. The number of nitrogens with zero attached hydrogens (tertiary/aromatic N) is 6. The molecule has 1 unspecified atom stereocenters. The van der Waals surface area contributed by atoms with Gasteiger partial charge in [-0.05, 0) is 102 Å². The Morgan fingerprint density at radius 1 is 0.820 bits per heavy atom. The summed E-state index contributed by atoms with van der Waals surface area (Å²) in [5.74, 6) is 0.163. The van der Waals surface area contributed by atoms with Crippen LogP contribution in [0.15, 0.2) is 82.6 Å². The van der Waals surface area contributed by atoms with Gasteiger partial charge in [0.05, 0.1) is 5.56 Å². The quantitative estimate of drug-likeness (QED) is 0.140. The van der Waals surface area contributed by atoms with E-state index in [0.29, 0.717) is 42.9 Å². The fourth-order valence-electron chi connectivity index (χ4n) is 7.48. The van der Waals surface area contributed by atoms with E-state index < -0.39 is 59.3 Å². The summed E-state index contributed by atoms with van der Waals surface area (Å²) in [7, 11) is -9.33. The molecule has 2 amide bonds. The molecule has 6 rings (SSSR count). The highest BCUT2D eigenvalue weighted by Gasteiger charge is 2.40. The summed E-state index contributed by atoms with van der Waals surface area (Å²) in [4.78, 5) is 27.6. The molecular weight excluding hydrogens is 823 g/mol. The number of rotatable bonds is 14. The fraction of sp³-hybridized carbons (Fsp3) is 0.500. The van der Waals surface area contributed by atoms with Crippen LogP contribution >= 0.6 is 0 Å². The number of sulfonamides is 2. The molecule has 61 heavy (non-hydrogen) atoms. The van der Waals surface area contributed by atoms with Crippen LogP contribution < -0.4 is 14.9 Å². The van der Waals surface area contributed by atoms with Gasteiger partial charge >= 0.3 is 12.2 Å². The van der Waals surface area contributed by atoms with Crippen LogP contribution in [0.1, 0.15) is 78.4 Å². The lowest BCUT2D eigenvalue weighted by Gasteiger charge is -2.35. The second-order valence-electron chi connectivity index (χ2n) is 17.4. The third-order valence-electron chi connectivity index (χ3n) is 10.3. The SMILES string of the molecule is CC(C)(C)OC(=O)NCCC1CCN(c2ccc(S(=O)(=O)NC3CCN(C(=O)OC(C)(C)C)C3)c(S(=O)(=O)N(Cc3ccccc3)Cc3ccccc3)c2-c2nn[nH]n2)CC1. The number of likely N-dealkylation sites (tertiary alicyclic amines) is 1. The molecule has 1 aromatic heterocycles. The van der Waals surface area contributed by atoms with E-state index in [-0.39, 0.29) is 49.9 Å². The van der Waals surface area contributed by atoms with Crippen molar-refractivity contribution in [3.63, 3.8) is 0 Å². The van der Waals surface area contributed by atoms with Crippen LogP contribution in [-0.4, -0.2) is 109 Å². The van der Waals surface area contributed by atoms with E-state index in [9.17, 15) is 18.0 Å². The van der Waals surface area contributed by atoms with Crippen molar-refractivity contribution in [2.75, 3.05) is 37.6 Å². The second-order valence-corrected chi connectivity index (χ2v) is 21.0. The molecule has 2 saturated heterocycles.